The molecule has 1 saturated heterocycles. The molecule has 0 bridgehead atoms. The van der Waals surface area contributed by atoms with E-state index in [2.05, 4.69) is 4.98 Å². The number of nitrogens with zero attached hydrogens (tertiary/aromatic N) is 3. The van der Waals surface area contributed by atoms with E-state index in [1.807, 2.05) is 13.8 Å². The second-order valence-corrected chi connectivity index (χ2v) is 7.66. The number of amides is 1. The van der Waals surface area contributed by atoms with E-state index in [0.717, 1.165) is 0 Å². The molecule has 2 heterocycles. The molecule has 1 aliphatic rings. The van der Waals surface area contributed by atoms with Crippen molar-refractivity contribution in [3.05, 3.63) is 12.0 Å². The molecule has 0 unspecified atom stereocenters. The van der Waals surface area contributed by atoms with E-state index in [-0.39, 0.29) is 23.4 Å². The lowest BCUT2D eigenvalue weighted by Crippen LogP contribution is -2.42. The van der Waals surface area contributed by atoms with E-state index in [4.69, 9.17) is 15.4 Å². The van der Waals surface area contributed by atoms with Gasteiger partial charge in [-0.1, -0.05) is 13.8 Å². The summed E-state index contributed by atoms with van der Waals surface area (Å²) >= 11 is 0. The van der Waals surface area contributed by atoms with Crippen molar-refractivity contribution in [1.82, 2.24) is 14.5 Å². The van der Waals surface area contributed by atoms with Gasteiger partial charge in [-0.2, -0.15) is 0 Å². The quantitative estimate of drug-likeness (QED) is 0.760. The van der Waals surface area contributed by atoms with Gasteiger partial charge in [0.15, 0.2) is 5.03 Å². The van der Waals surface area contributed by atoms with Gasteiger partial charge in [0.1, 0.15) is 12.4 Å². The average molecular weight is 336 g/mol. The first-order chi connectivity index (χ1) is 9.79. The third-order valence-corrected chi connectivity index (χ3v) is 4.39. The molecule has 0 radical (unpaired) electrons. The summed E-state index contributed by atoms with van der Waals surface area (Å²) in [7, 11) is 1.42. The SMILES string of the molecule is CC(C)c1nc(S(=O)(=O)Cl)cn1CC(=O)N1CCOCC1. The number of morpholine rings is 1. The van der Waals surface area contributed by atoms with Crippen molar-refractivity contribution in [2.24, 2.45) is 0 Å². The predicted molar refractivity (Wildman–Crippen MR) is 76.8 cm³/mol. The van der Waals surface area contributed by atoms with Crippen LogP contribution in [0.15, 0.2) is 11.2 Å². The van der Waals surface area contributed by atoms with Crippen LogP contribution in [-0.4, -0.2) is 55.1 Å². The Balaban J connectivity index is 2.22. The van der Waals surface area contributed by atoms with Crippen LogP contribution in [0.4, 0.5) is 0 Å². The minimum absolute atomic E-state index is 0.0188. The summed E-state index contributed by atoms with van der Waals surface area (Å²) in [5, 5.41) is -0.220. The maximum Gasteiger partial charge on any atom is 0.280 e. The van der Waals surface area contributed by atoms with Gasteiger partial charge in [-0.25, -0.2) is 13.4 Å². The second-order valence-electron chi connectivity index (χ2n) is 5.15. The number of hydrogen-bond donors (Lipinski definition) is 0. The zero-order valence-corrected chi connectivity index (χ0v) is 13.5. The van der Waals surface area contributed by atoms with Crippen LogP contribution < -0.4 is 0 Å². The minimum atomic E-state index is -3.90. The van der Waals surface area contributed by atoms with Crippen molar-refractivity contribution < 1.29 is 17.9 Å². The molecule has 0 aliphatic carbocycles. The molecular formula is C12H18ClN3O4S. The lowest BCUT2D eigenvalue weighted by Gasteiger charge is -2.27. The molecule has 0 aromatic carbocycles. The number of halogens is 1. The zero-order valence-electron chi connectivity index (χ0n) is 12.0. The first-order valence-corrected chi connectivity index (χ1v) is 8.97. The maximum atomic E-state index is 12.2. The number of rotatable bonds is 4. The summed E-state index contributed by atoms with van der Waals surface area (Å²) in [6, 6.07) is 0. The molecule has 0 spiro atoms. The van der Waals surface area contributed by atoms with Crippen molar-refractivity contribution in [3.8, 4) is 0 Å². The summed E-state index contributed by atoms with van der Waals surface area (Å²) < 4.78 is 29.5. The summed E-state index contributed by atoms with van der Waals surface area (Å²) in [6.45, 7) is 5.94. The largest absolute Gasteiger partial charge is 0.378 e. The van der Waals surface area contributed by atoms with Gasteiger partial charge in [-0.3, -0.25) is 4.79 Å². The molecule has 0 atom stereocenters. The van der Waals surface area contributed by atoms with E-state index >= 15 is 0 Å². The van der Waals surface area contributed by atoms with Crippen LogP contribution in [0.25, 0.3) is 0 Å². The van der Waals surface area contributed by atoms with Crippen LogP contribution in [0.1, 0.15) is 25.6 Å². The monoisotopic (exact) mass is 335 g/mol. The number of aromatic nitrogens is 2. The average Bonchev–Trinajstić information content (AvgIpc) is 2.84. The maximum absolute atomic E-state index is 12.2. The van der Waals surface area contributed by atoms with E-state index in [0.29, 0.717) is 32.1 Å². The third kappa shape index (κ3) is 3.96. The highest BCUT2D eigenvalue weighted by molar-refractivity contribution is 8.13. The second kappa shape index (κ2) is 6.33. The Hall–Kier alpha value is -1.12. The number of hydrogen-bond acceptors (Lipinski definition) is 5. The van der Waals surface area contributed by atoms with Gasteiger partial charge in [-0.05, 0) is 0 Å². The highest BCUT2D eigenvalue weighted by Gasteiger charge is 2.23. The molecular weight excluding hydrogens is 318 g/mol. The first kappa shape index (κ1) is 16.3. The Bertz CT molecular complexity index is 620. The summed E-state index contributed by atoms with van der Waals surface area (Å²) in [5.41, 5.74) is 0. The molecule has 2 rings (SSSR count). The predicted octanol–water partition coefficient (Wildman–Crippen LogP) is 0.793. The molecule has 0 N–H and O–H groups in total. The fourth-order valence-corrected chi connectivity index (χ4v) is 2.85. The molecule has 0 saturated carbocycles. The van der Waals surface area contributed by atoms with Gasteiger partial charge in [0, 0.05) is 35.9 Å². The van der Waals surface area contributed by atoms with Crippen LogP contribution in [-0.2, 0) is 25.1 Å². The van der Waals surface area contributed by atoms with Crippen molar-refractivity contribution >= 4 is 25.6 Å². The van der Waals surface area contributed by atoms with E-state index in [9.17, 15) is 13.2 Å². The van der Waals surface area contributed by atoms with Crippen molar-refractivity contribution in [3.63, 3.8) is 0 Å². The lowest BCUT2D eigenvalue weighted by molar-refractivity contribution is -0.135. The van der Waals surface area contributed by atoms with Crippen molar-refractivity contribution in [2.75, 3.05) is 26.3 Å². The minimum Gasteiger partial charge on any atom is -0.378 e. The summed E-state index contributed by atoms with van der Waals surface area (Å²) in [5.74, 6) is 0.418. The van der Waals surface area contributed by atoms with E-state index in [1.54, 1.807) is 9.47 Å². The fraction of sp³-hybridized carbons (Fsp3) is 0.667. The molecule has 118 valence electrons. The Morgan fingerprint density at radius 1 is 1.43 bits per heavy atom. The molecule has 1 fully saturated rings. The van der Waals surface area contributed by atoms with Crippen LogP contribution >= 0.6 is 10.7 Å². The van der Waals surface area contributed by atoms with Gasteiger partial charge >= 0.3 is 0 Å². The van der Waals surface area contributed by atoms with Gasteiger partial charge < -0.3 is 14.2 Å². The van der Waals surface area contributed by atoms with Gasteiger partial charge in [-0.15, -0.1) is 0 Å². The summed E-state index contributed by atoms with van der Waals surface area (Å²) in [4.78, 5) is 18.0. The fourth-order valence-electron chi connectivity index (χ4n) is 2.17. The molecule has 1 amide bonds. The van der Waals surface area contributed by atoms with Crippen molar-refractivity contribution in [2.45, 2.75) is 31.3 Å². The molecule has 1 aromatic heterocycles. The Kier molecular flexibility index (Phi) is 4.90. The highest BCUT2D eigenvalue weighted by Crippen LogP contribution is 2.20. The summed E-state index contributed by atoms with van der Waals surface area (Å²) in [6.07, 6.45) is 1.32. The van der Waals surface area contributed by atoms with Gasteiger partial charge in [0.05, 0.1) is 13.2 Å². The van der Waals surface area contributed by atoms with E-state index in [1.165, 1.54) is 6.20 Å². The zero-order chi connectivity index (χ0) is 15.6. The van der Waals surface area contributed by atoms with Crippen LogP contribution in [0.5, 0.6) is 0 Å². The van der Waals surface area contributed by atoms with Crippen LogP contribution in [0.3, 0.4) is 0 Å². The Morgan fingerprint density at radius 2 is 2.05 bits per heavy atom. The molecule has 1 aliphatic heterocycles. The molecule has 9 heteroatoms. The van der Waals surface area contributed by atoms with Crippen LogP contribution in [0, 0.1) is 0 Å². The van der Waals surface area contributed by atoms with Crippen LogP contribution in [0.2, 0.25) is 0 Å². The third-order valence-electron chi connectivity index (χ3n) is 3.22. The highest BCUT2D eigenvalue weighted by atomic mass is 35.7. The van der Waals surface area contributed by atoms with Crippen molar-refractivity contribution in [1.29, 1.82) is 0 Å². The topological polar surface area (TPSA) is 81.5 Å². The number of ether oxygens (including phenoxy) is 1. The Morgan fingerprint density at radius 3 is 2.57 bits per heavy atom. The molecule has 1 aromatic rings. The smallest absolute Gasteiger partial charge is 0.280 e. The Labute approximate surface area is 128 Å². The lowest BCUT2D eigenvalue weighted by atomic mass is 10.2. The van der Waals surface area contributed by atoms with Gasteiger partial charge in [0.25, 0.3) is 9.05 Å². The number of carbonyl (C=O) groups is 1. The number of carbonyl (C=O) groups excluding carboxylic acids is 1. The number of imidazole rings is 1. The molecule has 7 nitrogen and oxygen atoms in total. The molecule has 21 heavy (non-hydrogen) atoms. The van der Waals surface area contributed by atoms with E-state index < -0.39 is 9.05 Å². The van der Waals surface area contributed by atoms with Gasteiger partial charge in [0.2, 0.25) is 5.91 Å². The normalized spacial score (nSPS) is 16.5. The first-order valence-electron chi connectivity index (χ1n) is 6.66. The standard InChI is InChI=1S/C12H18ClN3O4S/c1-9(2)12-14-10(21(13,18)19)7-16(12)8-11(17)15-3-5-20-6-4-15/h7,9H,3-6,8H2,1-2H3.